The molecule has 0 saturated heterocycles. The highest BCUT2D eigenvalue weighted by molar-refractivity contribution is 7.92. The standard InChI is InChI=1S/C22H15F3N2O2S/c23-22(24,25)19-6-3-16(4-7-19)17-5-10-21-18(13-17)11-12-27(21)30(28,29)20-8-1-15(14-26)2-9-20/h1-10,13H,11-12H2. The fourth-order valence-electron chi connectivity index (χ4n) is 3.48. The summed E-state index contributed by atoms with van der Waals surface area (Å²) in [5, 5.41) is 8.88. The fraction of sp³-hybridized carbons (Fsp3) is 0.136. The summed E-state index contributed by atoms with van der Waals surface area (Å²) < 4.78 is 65.6. The molecule has 30 heavy (non-hydrogen) atoms. The normalized spacial score (nSPS) is 13.7. The first-order valence-electron chi connectivity index (χ1n) is 9.03. The van der Waals surface area contributed by atoms with Gasteiger partial charge in [-0.25, -0.2) is 8.42 Å². The first-order chi connectivity index (χ1) is 14.2. The SMILES string of the molecule is N#Cc1ccc(S(=O)(=O)N2CCc3cc(-c4ccc(C(F)(F)F)cc4)ccc32)cc1. The first kappa shape index (κ1) is 20.0. The van der Waals surface area contributed by atoms with Gasteiger partial charge in [0.2, 0.25) is 0 Å². The summed E-state index contributed by atoms with van der Waals surface area (Å²) in [5.74, 6) is 0. The molecule has 3 aromatic carbocycles. The third-order valence-electron chi connectivity index (χ3n) is 5.05. The molecule has 0 amide bonds. The third kappa shape index (κ3) is 3.53. The second-order valence-corrected chi connectivity index (χ2v) is 8.74. The number of hydrogen-bond acceptors (Lipinski definition) is 3. The van der Waals surface area contributed by atoms with Gasteiger partial charge in [0.1, 0.15) is 0 Å². The van der Waals surface area contributed by atoms with Crippen LogP contribution in [-0.4, -0.2) is 15.0 Å². The summed E-state index contributed by atoms with van der Waals surface area (Å²) in [6.07, 6.45) is -3.89. The van der Waals surface area contributed by atoms with Crippen molar-refractivity contribution in [2.45, 2.75) is 17.5 Å². The minimum Gasteiger partial charge on any atom is -0.266 e. The average molecular weight is 428 g/mol. The van der Waals surface area contributed by atoms with Crippen LogP contribution < -0.4 is 4.31 Å². The minimum atomic E-state index is -4.39. The van der Waals surface area contributed by atoms with E-state index in [2.05, 4.69) is 0 Å². The molecule has 3 aromatic rings. The lowest BCUT2D eigenvalue weighted by molar-refractivity contribution is -0.137. The van der Waals surface area contributed by atoms with Crippen LogP contribution in [-0.2, 0) is 22.6 Å². The van der Waals surface area contributed by atoms with Gasteiger partial charge in [-0.15, -0.1) is 0 Å². The van der Waals surface area contributed by atoms with Crippen molar-refractivity contribution in [3.8, 4) is 17.2 Å². The molecule has 0 aliphatic carbocycles. The Morgan fingerprint density at radius 2 is 1.53 bits per heavy atom. The monoisotopic (exact) mass is 428 g/mol. The largest absolute Gasteiger partial charge is 0.416 e. The smallest absolute Gasteiger partial charge is 0.266 e. The highest BCUT2D eigenvalue weighted by atomic mass is 32.2. The lowest BCUT2D eigenvalue weighted by Gasteiger charge is -2.20. The molecule has 0 N–H and O–H groups in total. The zero-order valence-electron chi connectivity index (χ0n) is 15.5. The quantitative estimate of drug-likeness (QED) is 0.590. The van der Waals surface area contributed by atoms with Crippen molar-refractivity contribution < 1.29 is 21.6 Å². The van der Waals surface area contributed by atoms with E-state index in [9.17, 15) is 21.6 Å². The highest BCUT2D eigenvalue weighted by Gasteiger charge is 2.32. The minimum absolute atomic E-state index is 0.0983. The number of nitriles is 1. The van der Waals surface area contributed by atoms with E-state index in [0.29, 0.717) is 23.2 Å². The van der Waals surface area contributed by atoms with E-state index in [1.165, 1.54) is 40.7 Å². The van der Waals surface area contributed by atoms with Gasteiger partial charge in [0.05, 0.1) is 27.8 Å². The summed E-state index contributed by atoms with van der Waals surface area (Å²) in [5.41, 5.74) is 2.36. The molecule has 0 fully saturated rings. The topological polar surface area (TPSA) is 61.2 Å². The predicted molar refractivity (Wildman–Crippen MR) is 106 cm³/mol. The Bertz CT molecular complexity index is 1240. The van der Waals surface area contributed by atoms with Crippen LogP contribution in [0.1, 0.15) is 16.7 Å². The molecule has 1 aliphatic rings. The van der Waals surface area contributed by atoms with Gasteiger partial charge in [-0.2, -0.15) is 18.4 Å². The van der Waals surface area contributed by atoms with E-state index < -0.39 is 21.8 Å². The average Bonchev–Trinajstić information content (AvgIpc) is 3.17. The zero-order chi connectivity index (χ0) is 21.5. The van der Waals surface area contributed by atoms with E-state index in [4.69, 9.17) is 5.26 Å². The zero-order valence-corrected chi connectivity index (χ0v) is 16.3. The maximum Gasteiger partial charge on any atom is 0.416 e. The van der Waals surface area contributed by atoms with Crippen LogP contribution in [0.2, 0.25) is 0 Å². The summed E-state index contributed by atoms with van der Waals surface area (Å²) >= 11 is 0. The van der Waals surface area contributed by atoms with E-state index in [1.54, 1.807) is 12.1 Å². The number of halogens is 3. The van der Waals surface area contributed by atoms with E-state index in [0.717, 1.165) is 23.3 Å². The number of fused-ring (bicyclic) bond motifs is 1. The number of nitrogens with zero attached hydrogens (tertiary/aromatic N) is 2. The molecule has 0 unspecified atom stereocenters. The second kappa shape index (κ2) is 7.18. The summed E-state index contributed by atoms with van der Waals surface area (Å²) in [7, 11) is -3.78. The molecule has 152 valence electrons. The summed E-state index contributed by atoms with van der Waals surface area (Å²) in [6.45, 7) is 0.272. The Balaban J connectivity index is 1.64. The van der Waals surface area contributed by atoms with Gasteiger partial charge in [-0.3, -0.25) is 4.31 Å². The molecule has 8 heteroatoms. The lowest BCUT2D eigenvalue weighted by Crippen LogP contribution is -2.29. The molecule has 0 aromatic heterocycles. The van der Waals surface area contributed by atoms with Gasteiger partial charge in [0.15, 0.2) is 0 Å². The molecule has 0 bridgehead atoms. The Morgan fingerprint density at radius 1 is 0.900 bits per heavy atom. The molecule has 0 saturated carbocycles. The van der Waals surface area contributed by atoms with Crippen LogP contribution in [0.15, 0.2) is 71.6 Å². The maximum absolute atomic E-state index is 13.0. The number of hydrogen-bond donors (Lipinski definition) is 0. The van der Waals surface area contributed by atoms with Crippen molar-refractivity contribution >= 4 is 15.7 Å². The Labute approximate surface area is 171 Å². The molecule has 0 spiro atoms. The third-order valence-corrected chi connectivity index (χ3v) is 6.88. The second-order valence-electron chi connectivity index (χ2n) is 6.88. The van der Waals surface area contributed by atoms with Crippen molar-refractivity contribution in [2.75, 3.05) is 10.8 Å². The number of rotatable bonds is 3. The molecule has 1 heterocycles. The van der Waals surface area contributed by atoms with Crippen LogP contribution in [0.25, 0.3) is 11.1 Å². The number of anilines is 1. The maximum atomic E-state index is 13.0. The van der Waals surface area contributed by atoms with Crippen LogP contribution in [0.4, 0.5) is 18.9 Å². The molecule has 0 radical (unpaired) electrons. The number of benzene rings is 3. The van der Waals surface area contributed by atoms with E-state index in [1.807, 2.05) is 12.1 Å². The van der Waals surface area contributed by atoms with Gasteiger partial charge < -0.3 is 0 Å². The van der Waals surface area contributed by atoms with Crippen molar-refractivity contribution in [3.05, 3.63) is 83.4 Å². The van der Waals surface area contributed by atoms with Gasteiger partial charge >= 0.3 is 6.18 Å². The van der Waals surface area contributed by atoms with Crippen LogP contribution >= 0.6 is 0 Å². The summed E-state index contributed by atoms with van der Waals surface area (Å²) in [4.78, 5) is 0.0983. The van der Waals surface area contributed by atoms with Crippen molar-refractivity contribution in [3.63, 3.8) is 0 Å². The van der Waals surface area contributed by atoms with Crippen LogP contribution in [0, 0.1) is 11.3 Å². The molecular formula is C22H15F3N2O2S. The van der Waals surface area contributed by atoms with Crippen LogP contribution in [0.3, 0.4) is 0 Å². The Kier molecular flexibility index (Phi) is 4.79. The fourth-order valence-corrected chi connectivity index (χ4v) is 4.98. The summed E-state index contributed by atoms with van der Waals surface area (Å²) in [6, 6.07) is 17.7. The molecule has 4 rings (SSSR count). The van der Waals surface area contributed by atoms with Gasteiger partial charge in [-0.1, -0.05) is 18.2 Å². The molecule has 0 atom stereocenters. The molecular weight excluding hydrogens is 413 g/mol. The van der Waals surface area contributed by atoms with Gasteiger partial charge in [0.25, 0.3) is 10.0 Å². The van der Waals surface area contributed by atoms with Crippen molar-refractivity contribution in [1.82, 2.24) is 0 Å². The highest BCUT2D eigenvalue weighted by Crippen LogP contribution is 2.37. The van der Waals surface area contributed by atoms with E-state index in [-0.39, 0.29) is 11.4 Å². The van der Waals surface area contributed by atoms with Gasteiger partial charge in [-0.05, 0) is 71.6 Å². The van der Waals surface area contributed by atoms with Crippen molar-refractivity contribution in [1.29, 1.82) is 5.26 Å². The predicted octanol–water partition coefficient (Wildman–Crippen LogP) is 5.00. The lowest BCUT2D eigenvalue weighted by atomic mass is 10.0. The van der Waals surface area contributed by atoms with Gasteiger partial charge in [0, 0.05) is 6.54 Å². The molecule has 4 nitrogen and oxygen atoms in total. The van der Waals surface area contributed by atoms with E-state index >= 15 is 0 Å². The first-order valence-corrected chi connectivity index (χ1v) is 10.5. The number of alkyl halides is 3. The number of sulfonamides is 1. The van der Waals surface area contributed by atoms with Crippen LogP contribution in [0.5, 0.6) is 0 Å². The Morgan fingerprint density at radius 3 is 2.13 bits per heavy atom. The van der Waals surface area contributed by atoms with Crippen molar-refractivity contribution in [2.24, 2.45) is 0 Å². The Hall–Kier alpha value is -3.31. The molecule has 1 aliphatic heterocycles.